The summed E-state index contributed by atoms with van der Waals surface area (Å²) in [5, 5.41) is 8.40. The Kier molecular flexibility index (Phi) is 4.42. The zero-order valence-electron chi connectivity index (χ0n) is 9.38. The molecule has 0 saturated heterocycles. The van der Waals surface area contributed by atoms with Gasteiger partial charge in [0.25, 0.3) is 0 Å². The molecule has 0 bridgehead atoms. The zero-order chi connectivity index (χ0) is 12.3. The van der Waals surface area contributed by atoms with Crippen molar-refractivity contribution in [2.45, 2.75) is 20.9 Å². The molecule has 0 spiro atoms. The van der Waals surface area contributed by atoms with Crippen LogP contribution in [0.3, 0.4) is 0 Å². The molecule has 2 nitrogen and oxygen atoms in total. The highest BCUT2D eigenvalue weighted by Crippen LogP contribution is 2.37. The highest BCUT2D eigenvalue weighted by molar-refractivity contribution is 8.03. The molecule has 2 rings (SSSR count). The zero-order valence-corrected chi connectivity index (χ0v) is 11.8. The summed E-state index contributed by atoms with van der Waals surface area (Å²) in [6.07, 6.45) is 1.98. The van der Waals surface area contributed by atoms with Crippen LogP contribution in [0.2, 0.25) is 0 Å². The third-order valence-electron chi connectivity index (χ3n) is 2.18. The predicted molar refractivity (Wildman–Crippen MR) is 72.4 cm³/mol. The van der Waals surface area contributed by atoms with Crippen LogP contribution < -0.4 is 0 Å². The third kappa shape index (κ3) is 3.43. The summed E-state index contributed by atoms with van der Waals surface area (Å²) in [6, 6.07) is 6.59. The van der Waals surface area contributed by atoms with Crippen molar-refractivity contribution in [3.05, 3.63) is 35.6 Å². The van der Waals surface area contributed by atoms with Crippen molar-refractivity contribution >= 4 is 34.9 Å². The fourth-order valence-electron chi connectivity index (χ4n) is 1.28. The van der Waals surface area contributed by atoms with Gasteiger partial charge in [-0.05, 0) is 30.9 Å². The molecule has 1 aromatic heterocycles. The average Bonchev–Trinajstić information content (AvgIpc) is 2.77. The topological polar surface area (TPSA) is 25.8 Å². The lowest BCUT2D eigenvalue weighted by Crippen LogP contribution is -1.88. The van der Waals surface area contributed by atoms with Crippen molar-refractivity contribution in [3.8, 4) is 0 Å². The molecular weight excluding hydrogens is 275 g/mol. The molecule has 1 heterocycles. The maximum atomic E-state index is 12.8. The lowest BCUT2D eigenvalue weighted by molar-refractivity contribution is 0.627. The van der Waals surface area contributed by atoms with Gasteiger partial charge in [-0.2, -0.15) is 0 Å². The van der Waals surface area contributed by atoms with E-state index in [9.17, 15) is 4.39 Å². The van der Waals surface area contributed by atoms with E-state index in [4.69, 9.17) is 0 Å². The Balaban J connectivity index is 2.05. The first-order valence-electron chi connectivity index (χ1n) is 4.98. The maximum absolute atomic E-state index is 12.8. The lowest BCUT2D eigenvalue weighted by Gasteiger charge is -2.08. The standard InChI is InChI=1S/C11H11FN2S3/c1-7(8-3-5-9(12)6-4-8)16-11-14-13-10(15-2)17-11/h3-7H,1-2H3/t7-/m1/s1. The number of aromatic nitrogens is 2. The van der Waals surface area contributed by atoms with Gasteiger partial charge in [0, 0.05) is 5.25 Å². The van der Waals surface area contributed by atoms with E-state index >= 15 is 0 Å². The SMILES string of the molecule is CSc1nnc(S[C@H](C)c2ccc(F)cc2)s1. The van der Waals surface area contributed by atoms with Gasteiger partial charge in [0.15, 0.2) is 8.68 Å². The van der Waals surface area contributed by atoms with Crippen LogP contribution in [-0.2, 0) is 0 Å². The quantitative estimate of drug-likeness (QED) is 0.785. The second-order valence-electron chi connectivity index (χ2n) is 3.35. The molecule has 0 saturated carbocycles. The Morgan fingerprint density at radius 2 is 1.82 bits per heavy atom. The molecule has 1 atom stereocenters. The van der Waals surface area contributed by atoms with Crippen molar-refractivity contribution in [2.24, 2.45) is 0 Å². The molecule has 1 aromatic carbocycles. The summed E-state index contributed by atoms with van der Waals surface area (Å²) in [4.78, 5) is 0. The summed E-state index contributed by atoms with van der Waals surface area (Å²) in [7, 11) is 0. The first-order chi connectivity index (χ1) is 8.19. The number of benzene rings is 1. The van der Waals surface area contributed by atoms with Gasteiger partial charge in [-0.1, -0.05) is 47.0 Å². The molecule has 0 aliphatic carbocycles. The average molecular weight is 286 g/mol. The van der Waals surface area contributed by atoms with E-state index in [2.05, 4.69) is 17.1 Å². The van der Waals surface area contributed by atoms with Crippen LogP contribution in [0.5, 0.6) is 0 Å². The molecule has 0 aliphatic heterocycles. The Bertz CT molecular complexity index is 484. The number of nitrogens with zero attached hydrogens (tertiary/aromatic N) is 2. The van der Waals surface area contributed by atoms with Crippen molar-refractivity contribution in [3.63, 3.8) is 0 Å². The molecule has 0 radical (unpaired) electrons. The minimum atomic E-state index is -0.202. The number of thioether (sulfide) groups is 2. The maximum Gasteiger partial charge on any atom is 0.175 e. The second-order valence-corrected chi connectivity index (χ2v) is 6.97. The van der Waals surface area contributed by atoms with Crippen LogP contribution in [0, 0.1) is 5.82 Å². The van der Waals surface area contributed by atoms with Crippen molar-refractivity contribution in [2.75, 3.05) is 6.26 Å². The number of halogens is 1. The molecule has 17 heavy (non-hydrogen) atoms. The molecular formula is C11H11FN2S3. The highest BCUT2D eigenvalue weighted by Gasteiger charge is 2.11. The predicted octanol–water partition coefficient (Wildman–Crippen LogP) is 4.25. The Hall–Kier alpha value is -0.590. The summed E-state index contributed by atoms with van der Waals surface area (Å²) < 4.78 is 14.7. The molecule has 6 heteroatoms. The van der Waals surface area contributed by atoms with E-state index in [0.29, 0.717) is 0 Å². The van der Waals surface area contributed by atoms with Crippen LogP contribution in [0.4, 0.5) is 4.39 Å². The highest BCUT2D eigenvalue weighted by atomic mass is 32.2. The number of rotatable bonds is 4. The number of hydrogen-bond acceptors (Lipinski definition) is 5. The second kappa shape index (κ2) is 5.84. The molecule has 0 aliphatic rings. The fraction of sp³-hybridized carbons (Fsp3) is 0.273. The van der Waals surface area contributed by atoms with Crippen LogP contribution in [0.15, 0.2) is 32.9 Å². The molecule has 90 valence electrons. The lowest BCUT2D eigenvalue weighted by atomic mass is 10.2. The van der Waals surface area contributed by atoms with E-state index in [0.717, 1.165) is 14.2 Å². The minimum absolute atomic E-state index is 0.202. The largest absolute Gasteiger partial charge is 0.207 e. The molecule has 0 N–H and O–H groups in total. The molecule has 0 amide bonds. The Morgan fingerprint density at radius 1 is 1.18 bits per heavy atom. The van der Waals surface area contributed by atoms with E-state index < -0.39 is 0 Å². The van der Waals surface area contributed by atoms with Gasteiger partial charge >= 0.3 is 0 Å². The third-order valence-corrected chi connectivity index (χ3v) is 5.32. The molecule has 0 fully saturated rings. The number of hydrogen-bond donors (Lipinski definition) is 0. The van der Waals surface area contributed by atoms with Crippen LogP contribution >= 0.6 is 34.9 Å². The molecule has 2 aromatic rings. The van der Waals surface area contributed by atoms with Gasteiger partial charge in [0.1, 0.15) is 5.82 Å². The van der Waals surface area contributed by atoms with E-state index in [1.54, 1.807) is 34.9 Å². The normalized spacial score (nSPS) is 12.6. The van der Waals surface area contributed by atoms with Gasteiger partial charge in [-0.25, -0.2) is 4.39 Å². The monoisotopic (exact) mass is 286 g/mol. The Labute approximate surface area is 112 Å². The van der Waals surface area contributed by atoms with Gasteiger partial charge in [0.05, 0.1) is 0 Å². The van der Waals surface area contributed by atoms with Crippen LogP contribution in [-0.4, -0.2) is 16.5 Å². The van der Waals surface area contributed by atoms with Crippen LogP contribution in [0.1, 0.15) is 17.7 Å². The summed E-state index contributed by atoms with van der Waals surface area (Å²) in [6.45, 7) is 2.08. The van der Waals surface area contributed by atoms with Crippen LogP contribution in [0.25, 0.3) is 0 Å². The van der Waals surface area contributed by atoms with Gasteiger partial charge in [-0.15, -0.1) is 10.2 Å². The van der Waals surface area contributed by atoms with Gasteiger partial charge in [-0.3, -0.25) is 0 Å². The summed E-state index contributed by atoms with van der Waals surface area (Å²) in [5.74, 6) is -0.202. The summed E-state index contributed by atoms with van der Waals surface area (Å²) >= 11 is 4.83. The van der Waals surface area contributed by atoms with Crippen molar-refractivity contribution < 1.29 is 4.39 Å². The smallest absolute Gasteiger partial charge is 0.175 e. The van der Waals surface area contributed by atoms with E-state index in [1.807, 2.05) is 18.4 Å². The molecule has 0 unspecified atom stereocenters. The van der Waals surface area contributed by atoms with Gasteiger partial charge in [0.2, 0.25) is 0 Å². The first kappa shape index (κ1) is 12.9. The van der Waals surface area contributed by atoms with Crippen molar-refractivity contribution in [1.29, 1.82) is 0 Å². The first-order valence-corrected chi connectivity index (χ1v) is 7.90. The van der Waals surface area contributed by atoms with Crippen molar-refractivity contribution in [1.82, 2.24) is 10.2 Å². The van der Waals surface area contributed by atoms with Gasteiger partial charge < -0.3 is 0 Å². The minimum Gasteiger partial charge on any atom is -0.207 e. The van der Waals surface area contributed by atoms with E-state index in [1.165, 1.54) is 12.1 Å². The summed E-state index contributed by atoms with van der Waals surface area (Å²) in [5.41, 5.74) is 1.09. The van der Waals surface area contributed by atoms with E-state index in [-0.39, 0.29) is 11.1 Å². The Morgan fingerprint density at radius 3 is 2.41 bits per heavy atom. The fourth-order valence-corrected chi connectivity index (χ4v) is 3.99.